The minimum atomic E-state index is -0.203. The van der Waals surface area contributed by atoms with Crippen LogP contribution >= 0.6 is 0 Å². The van der Waals surface area contributed by atoms with Gasteiger partial charge in [0.15, 0.2) is 0 Å². The van der Waals surface area contributed by atoms with Gasteiger partial charge in [-0.15, -0.1) is 0 Å². The third-order valence-electron chi connectivity index (χ3n) is 3.72. The van der Waals surface area contributed by atoms with E-state index in [1.165, 1.54) is 11.6 Å². The van der Waals surface area contributed by atoms with Crippen molar-refractivity contribution >= 4 is 0 Å². The summed E-state index contributed by atoms with van der Waals surface area (Å²) in [7, 11) is 0. The number of hydrogen-bond donors (Lipinski definition) is 1. The standard InChI is InChI=1S/C18H23FN2/c1-14(2)21(12-15-6-4-3-5-7-15)13-17-10-18(19)9-8-16(17)11-20/h3-10,14H,11-13,20H2,1-2H3. The fraction of sp³-hybridized carbons (Fsp3) is 0.333. The molecular weight excluding hydrogens is 263 g/mol. The lowest BCUT2D eigenvalue weighted by molar-refractivity contribution is 0.203. The highest BCUT2D eigenvalue weighted by Crippen LogP contribution is 2.17. The lowest BCUT2D eigenvalue weighted by Crippen LogP contribution is -2.30. The van der Waals surface area contributed by atoms with Gasteiger partial charge in [0, 0.05) is 25.7 Å². The molecule has 0 aromatic heterocycles. The molecule has 0 bridgehead atoms. The van der Waals surface area contributed by atoms with E-state index in [1.807, 2.05) is 18.2 Å². The third kappa shape index (κ3) is 4.38. The van der Waals surface area contributed by atoms with E-state index in [9.17, 15) is 4.39 Å². The van der Waals surface area contributed by atoms with Crippen molar-refractivity contribution in [2.24, 2.45) is 5.73 Å². The summed E-state index contributed by atoms with van der Waals surface area (Å²) in [4.78, 5) is 2.32. The summed E-state index contributed by atoms with van der Waals surface area (Å²) in [6.45, 7) is 6.30. The van der Waals surface area contributed by atoms with E-state index in [1.54, 1.807) is 12.1 Å². The number of hydrogen-bond acceptors (Lipinski definition) is 2. The second kappa shape index (κ2) is 7.34. The first-order chi connectivity index (χ1) is 10.1. The molecule has 0 atom stereocenters. The number of nitrogens with two attached hydrogens (primary N) is 1. The van der Waals surface area contributed by atoms with E-state index >= 15 is 0 Å². The molecular formula is C18H23FN2. The van der Waals surface area contributed by atoms with Crippen LogP contribution in [0, 0.1) is 5.82 Å². The molecule has 0 saturated carbocycles. The van der Waals surface area contributed by atoms with Gasteiger partial charge in [-0.1, -0.05) is 36.4 Å². The Bertz CT molecular complexity index is 567. The van der Waals surface area contributed by atoms with E-state index in [-0.39, 0.29) is 5.82 Å². The Morgan fingerprint density at radius 3 is 2.33 bits per heavy atom. The molecule has 2 aromatic carbocycles. The van der Waals surface area contributed by atoms with E-state index in [0.29, 0.717) is 19.1 Å². The molecule has 0 unspecified atom stereocenters. The van der Waals surface area contributed by atoms with Gasteiger partial charge in [0.05, 0.1) is 0 Å². The van der Waals surface area contributed by atoms with Gasteiger partial charge in [-0.3, -0.25) is 4.90 Å². The van der Waals surface area contributed by atoms with E-state index in [4.69, 9.17) is 5.73 Å². The van der Waals surface area contributed by atoms with Crippen molar-refractivity contribution in [2.75, 3.05) is 0 Å². The molecule has 112 valence electrons. The molecule has 0 aliphatic carbocycles. The van der Waals surface area contributed by atoms with Crippen LogP contribution in [-0.4, -0.2) is 10.9 Å². The van der Waals surface area contributed by atoms with Crippen LogP contribution in [-0.2, 0) is 19.6 Å². The first-order valence-corrected chi connectivity index (χ1v) is 7.35. The van der Waals surface area contributed by atoms with Crippen LogP contribution in [0.5, 0.6) is 0 Å². The van der Waals surface area contributed by atoms with Crippen LogP contribution in [0.1, 0.15) is 30.5 Å². The normalized spacial score (nSPS) is 11.3. The summed E-state index contributed by atoms with van der Waals surface area (Å²) in [5.41, 5.74) is 9.01. The van der Waals surface area contributed by atoms with Crippen molar-refractivity contribution in [1.29, 1.82) is 0 Å². The molecule has 0 saturated heterocycles. The second-order valence-electron chi connectivity index (χ2n) is 5.60. The Morgan fingerprint density at radius 2 is 1.71 bits per heavy atom. The highest BCUT2D eigenvalue weighted by atomic mass is 19.1. The zero-order chi connectivity index (χ0) is 15.2. The van der Waals surface area contributed by atoms with Crippen LogP contribution in [0.4, 0.5) is 4.39 Å². The van der Waals surface area contributed by atoms with E-state index < -0.39 is 0 Å². The van der Waals surface area contributed by atoms with Crippen molar-refractivity contribution in [1.82, 2.24) is 4.90 Å². The summed E-state index contributed by atoms with van der Waals surface area (Å²) in [5, 5.41) is 0. The van der Waals surface area contributed by atoms with Crippen LogP contribution in [0.3, 0.4) is 0 Å². The molecule has 0 spiro atoms. The zero-order valence-corrected chi connectivity index (χ0v) is 12.7. The van der Waals surface area contributed by atoms with Gasteiger partial charge in [-0.25, -0.2) is 4.39 Å². The SMILES string of the molecule is CC(C)N(Cc1ccccc1)Cc1cc(F)ccc1CN. The molecule has 2 rings (SSSR count). The van der Waals surface area contributed by atoms with Crippen LogP contribution in [0.25, 0.3) is 0 Å². The molecule has 0 aliphatic heterocycles. The van der Waals surface area contributed by atoms with Crippen molar-refractivity contribution in [2.45, 2.75) is 39.5 Å². The summed E-state index contributed by atoms with van der Waals surface area (Å²) < 4.78 is 13.5. The van der Waals surface area contributed by atoms with Gasteiger partial charge in [0.25, 0.3) is 0 Å². The van der Waals surface area contributed by atoms with E-state index in [2.05, 4.69) is 30.9 Å². The number of rotatable bonds is 6. The largest absolute Gasteiger partial charge is 0.326 e. The van der Waals surface area contributed by atoms with Crippen molar-refractivity contribution in [3.63, 3.8) is 0 Å². The molecule has 2 nitrogen and oxygen atoms in total. The summed E-state index contributed by atoms with van der Waals surface area (Å²) in [6, 6.07) is 15.6. The van der Waals surface area contributed by atoms with Gasteiger partial charge >= 0.3 is 0 Å². The smallest absolute Gasteiger partial charge is 0.123 e. The molecule has 0 amide bonds. The number of nitrogens with zero attached hydrogens (tertiary/aromatic N) is 1. The maximum Gasteiger partial charge on any atom is 0.123 e. The van der Waals surface area contributed by atoms with Crippen molar-refractivity contribution < 1.29 is 4.39 Å². The maximum absolute atomic E-state index is 13.5. The molecule has 0 radical (unpaired) electrons. The Morgan fingerprint density at radius 1 is 1.00 bits per heavy atom. The molecule has 21 heavy (non-hydrogen) atoms. The highest BCUT2D eigenvalue weighted by molar-refractivity contribution is 5.28. The topological polar surface area (TPSA) is 29.3 Å². The zero-order valence-electron chi connectivity index (χ0n) is 12.7. The van der Waals surface area contributed by atoms with Crippen LogP contribution in [0.15, 0.2) is 48.5 Å². The summed E-state index contributed by atoms with van der Waals surface area (Å²) >= 11 is 0. The Balaban J connectivity index is 2.18. The molecule has 2 aromatic rings. The predicted octanol–water partition coefficient (Wildman–Crippen LogP) is 3.70. The van der Waals surface area contributed by atoms with Gasteiger partial charge in [0.2, 0.25) is 0 Å². The minimum absolute atomic E-state index is 0.203. The fourth-order valence-electron chi connectivity index (χ4n) is 2.40. The second-order valence-corrected chi connectivity index (χ2v) is 5.60. The highest BCUT2D eigenvalue weighted by Gasteiger charge is 2.13. The molecule has 0 aliphatic rings. The van der Waals surface area contributed by atoms with Crippen molar-refractivity contribution in [3.05, 3.63) is 71.0 Å². The summed E-state index contributed by atoms with van der Waals surface area (Å²) in [6.07, 6.45) is 0. The molecule has 2 N–H and O–H groups in total. The minimum Gasteiger partial charge on any atom is -0.326 e. The van der Waals surface area contributed by atoms with Crippen LogP contribution in [0.2, 0.25) is 0 Å². The Kier molecular flexibility index (Phi) is 5.48. The average molecular weight is 286 g/mol. The quantitative estimate of drug-likeness (QED) is 0.877. The first-order valence-electron chi connectivity index (χ1n) is 7.35. The third-order valence-corrected chi connectivity index (χ3v) is 3.72. The Labute approximate surface area is 126 Å². The maximum atomic E-state index is 13.5. The average Bonchev–Trinajstić information content (AvgIpc) is 2.48. The van der Waals surface area contributed by atoms with Gasteiger partial charge in [-0.2, -0.15) is 0 Å². The molecule has 3 heteroatoms. The monoisotopic (exact) mass is 286 g/mol. The lowest BCUT2D eigenvalue weighted by atomic mass is 10.1. The van der Waals surface area contributed by atoms with Crippen LogP contribution < -0.4 is 5.73 Å². The van der Waals surface area contributed by atoms with Gasteiger partial charge < -0.3 is 5.73 Å². The molecule has 0 heterocycles. The molecule has 0 fully saturated rings. The summed E-state index contributed by atoms with van der Waals surface area (Å²) in [5.74, 6) is -0.203. The van der Waals surface area contributed by atoms with E-state index in [0.717, 1.165) is 17.7 Å². The first kappa shape index (κ1) is 15.7. The lowest BCUT2D eigenvalue weighted by Gasteiger charge is -2.27. The number of halogens is 1. The fourth-order valence-corrected chi connectivity index (χ4v) is 2.40. The number of benzene rings is 2. The van der Waals surface area contributed by atoms with Crippen molar-refractivity contribution in [3.8, 4) is 0 Å². The van der Waals surface area contributed by atoms with Gasteiger partial charge in [0.1, 0.15) is 5.82 Å². The Hall–Kier alpha value is -1.71. The van der Waals surface area contributed by atoms with Gasteiger partial charge in [-0.05, 0) is 42.7 Å². The predicted molar refractivity (Wildman–Crippen MR) is 85.1 cm³/mol.